The van der Waals surface area contributed by atoms with Crippen molar-refractivity contribution >= 4 is 44.4 Å². The van der Waals surface area contributed by atoms with E-state index >= 15 is 0 Å². The second-order valence-electron chi connectivity index (χ2n) is 6.70. The van der Waals surface area contributed by atoms with Gasteiger partial charge in [0.05, 0.1) is 16.7 Å². The van der Waals surface area contributed by atoms with Crippen LogP contribution in [0.2, 0.25) is 0 Å². The summed E-state index contributed by atoms with van der Waals surface area (Å²) >= 11 is 4.69. The van der Waals surface area contributed by atoms with Crippen LogP contribution in [0, 0.1) is 13.8 Å². The van der Waals surface area contributed by atoms with E-state index in [4.69, 9.17) is 0 Å². The van der Waals surface area contributed by atoms with Gasteiger partial charge in [0, 0.05) is 27.1 Å². The van der Waals surface area contributed by atoms with Crippen LogP contribution in [0.25, 0.3) is 16.6 Å². The third-order valence-corrected chi connectivity index (χ3v) is 6.15. The summed E-state index contributed by atoms with van der Waals surface area (Å²) in [5, 5.41) is 0.991. The molecule has 0 atom stereocenters. The molecule has 2 aromatic carbocycles. The normalized spacial score (nSPS) is 11.1. The molecule has 1 N–H and O–H groups in total. The molecule has 0 radical (unpaired) electrons. The Kier molecular flexibility index (Phi) is 5.43. The fourth-order valence-electron chi connectivity index (χ4n) is 3.38. The molecule has 0 bridgehead atoms. The number of para-hydroxylation sites is 1. The van der Waals surface area contributed by atoms with Gasteiger partial charge in [-0.05, 0) is 56.3 Å². The predicted octanol–water partition coefficient (Wildman–Crippen LogP) is 5.07. The Bertz CT molecular complexity index is 1280. The van der Waals surface area contributed by atoms with Crippen molar-refractivity contribution in [3.8, 4) is 5.69 Å². The zero-order valence-corrected chi connectivity index (χ0v) is 18.3. The topological polar surface area (TPSA) is 67.8 Å². The SMILES string of the molecule is Cc1cc(C(=O)CSc2nc3ccccc3c(=O)[nH]2)c(C)n1-c1ccc(Br)cc1. The zero-order valence-electron chi connectivity index (χ0n) is 15.9. The molecule has 5 nitrogen and oxygen atoms in total. The number of H-pyrrole nitrogens is 1. The molecule has 0 unspecified atom stereocenters. The molecule has 0 aliphatic rings. The molecule has 2 heterocycles. The van der Waals surface area contributed by atoms with Gasteiger partial charge in [-0.15, -0.1) is 0 Å². The standard InChI is InChI=1S/C22H18BrN3O2S/c1-13-11-18(14(2)26(13)16-9-7-15(23)8-10-16)20(27)12-29-22-24-19-6-4-3-5-17(19)21(28)25-22/h3-11H,12H2,1-2H3,(H,24,25,28). The summed E-state index contributed by atoms with van der Waals surface area (Å²) in [7, 11) is 0. The minimum atomic E-state index is -0.195. The van der Waals surface area contributed by atoms with Gasteiger partial charge in [-0.3, -0.25) is 9.59 Å². The van der Waals surface area contributed by atoms with Crippen LogP contribution in [-0.4, -0.2) is 26.1 Å². The number of ketones is 1. The molecule has 0 spiro atoms. The molecule has 0 fully saturated rings. The van der Waals surface area contributed by atoms with E-state index in [1.165, 1.54) is 11.8 Å². The fourth-order valence-corrected chi connectivity index (χ4v) is 4.39. The van der Waals surface area contributed by atoms with Crippen LogP contribution < -0.4 is 5.56 Å². The number of aromatic nitrogens is 3. The fraction of sp³-hybridized carbons (Fsp3) is 0.136. The molecule has 146 valence electrons. The number of Topliss-reactive ketones (excluding diaryl/α,β-unsaturated/α-hetero) is 1. The van der Waals surface area contributed by atoms with E-state index in [-0.39, 0.29) is 17.1 Å². The molecule has 0 aliphatic heterocycles. The molecule has 0 amide bonds. The highest BCUT2D eigenvalue weighted by molar-refractivity contribution is 9.10. The van der Waals surface area contributed by atoms with Crippen molar-refractivity contribution in [2.45, 2.75) is 19.0 Å². The van der Waals surface area contributed by atoms with E-state index in [9.17, 15) is 9.59 Å². The number of halogens is 1. The number of fused-ring (bicyclic) bond motifs is 1. The van der Waals surface area contributed by atoms with Crippen molar-refractivity contribution in [3.63, 3.8) is 0 Å². The number of nitrogens with one attached hydrogen (secondary N) is 1. The lowest BCUT2D eigenvalue weighted by atomic mass is 10.2. The van der Waals surface area contributed by atoms with Crippen molar-refractivity contribution in [2.75, 3.05) is 5.75 Å². The molecule has 0 aliphatic carbocycles. The van der Waals surface area contributed by atoms with Crippen LogP contribution in [-0.2, 0) is 0 Å². The van der Waals surface area contributed by atoms with Crippen molar-refractivity contribution in [3.05, 3.63) is 86.4 Å². The van der Waals surface area contributed by atoms with Gasteiger partial charge in [-0.2, -0.15) is 0 Å². The minimum absolute atomic E-state index is 0.00210. The van der Waals surface area contributed by atoms with Crippen molar-refractivity contribution < 1.29 is 4.79 Å². The van der Waals surface area contributed by atoms with Crippen LogP contribution in [0.5, 0.6) is 0 Å². The van der Waals surface area contributed by atoms with Gasteiger partial charge in [-0.25, -0.2) is 4.98 Å². The molecule has 2 aromatic heterocycles. The summed E-state index contributed by atoms with van der Waals surface area (Å²) in [5.41, 5.74) is 4.01. The summed E-state index contributed by atoms with van der Waals surface area (Å²) in [6, 6.07) is 17.1. The van der Waals surface area contributed by atoms with Crippen LogP contribution in [0.3, 0.4) is 0 Å². The van der Waals surface area contributed by atoms with E-state index in [0.29, 0.717) is 21.6 Å². The number of thioether (sulfide) groups is 1. The van der Waals surface area contributed by atoms with Crippen LogP contribution in [0.15, 0.2) is 69.0 Å². The van der Waals surface area contributed by atoms with E-state index in [1.807, 2.05) is 50.2 Å². The van der Waals surface area contributed by atoms with Gasteiger partial charge in [-0.1, -0.05) is 39.8 Å². The van der Waals surface area contributed by atoms with Gasteiger partial charge in [0.2, 0.25) is 0 Å². The van der Waals surface area contributed by atoms with Gasteiger partial charge in [0.25, 0.3) is 5.56 Å². The number of aryl methyl sites for hydroxylation is 1. The maximum Gasteiger partial charge on any atom is 0.259 e. The van der Waals surface area contributed by atoms with E-state index in [1.54, 1.807) is 18.2 Å². The Balaban J connectivity index is 1.57. The molecule has 0 saturated carbocycles. The first-order valence-electron chi connectivity index (χ1n) is 9.04. The Morgan fingerprint density at radius 2 is 1.86 bits per heavy atom. The third-order valence-electron chi connectivity index (χ3n) is 4.75. The van der Waals surface area contributed by atoms with E-state index in [2.05, 4.69) is 30.5 Å². The molecule has 0 saturated heterocycles. The van der Waals surface area contributed by atoms with E-state index in [0.717, 1.165) is 21.5 Å². The Morgan fingerprint density at radius 1 is 1.14 bits per heavy atom. The summed E-state index contributed by atoms with van der Waals surface area (Å²) in [5.74, 6) is 0.202. The number of rotatable bonds is 5. The molecular weight excluding hydrogens is 450 g/mol. The zero-order chi connectivity index (χ0) is 20.5. The van der Waals surface area contributed by atoms with Gasteiger partial charge >= 0.3 is 0 Å². The lowest BCUT2D eigenvalue weighted by Crippen LogP contribution is -2.11. The van der Waals surface area contributed by atoms with Gasteiger partial charge < -0.3 is 9.55 Å². The number of aromatic amines is 1. The average Bonchev–Trinajstić information content (AvgIpc) is 3.01. The van der Waals surface area contributed by atoms with Crippen LogP contribution >= 0.6 is 27.7 Å². The lowest BCUT2D eigenvalue weighted by molar-refractivity contribution is 0.102. The molecular formula is C22H18BrN3O2S. The van der Waals surface area contributed by atoms with Crippen molar-refractivity contribution in [1.82, 2.24) is 14.5 Å². The highest BCUT2D eigenvalue weighted by Crippen LogP contribution is 2.24. The number of carbonyl (C=O) groups is 1. The highest BCUT2D eigenvalue weighted by Gasteiger charge is 2.17. The molecule has 4 aromatic rings. The van der Waals surface area contributed by atoms with E-state index < -0.39 is 0 Å². The quantitative estimate of drug-likeness (QED) is 0.252. The Morgan fingerprint density at radius 3 is 2.62 bits per heavy atom. The average molecular weight is 468 g/mol. The number of nitrogens with zero attached hydrogens (tertiary/aromatic N) is 2. The smallest absolute Gasteiger partial charge is 0.259 e. The minimum Gasteiger partial charge on any atom is -0.318 e. The van der Waals surface area contributed by atoms with Crippen LogP contribution in [0.1, 0.15) is 21.7 Å². The van der Waals surface area contributed by atoms with Gasteiger partial charge in [0.15, 0.2) is 10.9 Å². The summed E-state index contributed by atoms with van der Waals surface area (Å²) in [6.07, 6.45) is 0. The van der Waals surface area contributed by atoms with Crippen molar-refractivity contribution in [1.29, 1.82) is 0 Å². The number of hydrogen-bond donors (Lipinski definition) is 1. The van der Waals surface area contributed by atoms with Crippen LogP contribution in [0.4, 0.5) is 0 Å². The third kappa shape index (κ3) is 3.93. The summed E-state index contributed by atoms with van der Waals surface area (Å²) in [6.45, 7) is 3.93. The Labute approximate surface area is 180 Å². The molecule has 4 rings (SSSR count). The Hall–Kier alpha value is -2.64. The first-order chi connectivity index (χ1) is 13.9. The first-order valence-corrected chi connectivity index (χ1v) is 10.8. The largest absolute Gasteiger partial charge is 0.318 e. The second-order valence-corrected chi connectivity index (χ2v) is 8.58. The van der Waals surface area contributed by atoms with Gasteiger partial charge in [0.1, 0.15) is 0 Å². The lowest BCUT2D eigenvalue weighted by Gasteiger charge is -2.10. The molecule has 29 heavy (non-hydrogen) atoms. The molecule has 7 heteroatoms. The second kappa shape index (κ2) is 8.00. The maximum absolute atomic E-state index is 12.9. The van der Waals surface area contributed by atoms with Crippen molar-refractivity contribution in [2.24, 2.45) is 0 Å². The maximum atomic E-state index is 12.9. The number of hydrogen-bond acceptors (Lipinski definition) is 4. The summed E-state index contributed by atoms with van der Waals surface area (Å²) in [4.78, 5) is 32.3. The first kappa shape index (κ1) is 19.7. The monoisotopic (exact) mass is 467 g/mol. The summed E-state index contributed by atoms with van der Waals surface area (Å²) < 4.78 is 3.08. The highest BCUT2D eigenvalue weighted by atomic mass is 79.9. The number of carbonyl (C=O) groups excluding carboxylic acids is 1. The predicted molar refractivity (Wildman–Crippen MR) is 120 cm³/mol. The number of benzene rings is 2.